The van der Waals surface area contributed by atoms with Crippen LogP contribution >= 0.6 is 0 Å². The number of aromatic hydroxyl groups is 1. The van der Waals surface area contributed by atoms with E-state index in [1.165, 1.54) is 19.1 Å². The van der Waals surface area contributed by atoms with Crippen LogP contribution in [0.2, 0.25) is 0 Å². The van der Waals surface area contributed by atoms with Crippen LogP contribution in [0.15, 0.2) is 24.3 Å². The van der Waals surface area contributed by atoms with Crippen LogP contribution in [-0.2, 0) is 4.79 Å². The van der Waals surface area contributed by atoms with Gasteiger partial charge >= 0.3 is 0 Å². The molecule has 0 unspecified atom stereocenters. The topological polar surface area (TPSA) is 74.6 Å². The lowest BCUT2D eigenvalue weighted by molar-refractivity contribution is -0.122. The molecule has 1 saturated carbocycles. The Labute approximate surface area is 120 Å². The second-order valence-electron chi connectivity index (χ2n) is 5.22. The molecule has 0 aromatic heterocycles. The third-order valence-corrected chi connectivity index (χ3v) is 3.55. The summed E-state index contributed by atoms with van der Waals surface area (Å²) in [4.78, 5) is 21.5. The van der Waals surface area contributed by atoms with Crippen LogP contribution < -0.4 is 0 Å². The van der Waals surface area contributed by atoms with Crippen molar-refractivity contribution in [2.75, 3.05) is 0 Å². The fraction of sp³-hybridized carbons (Fsp3) is 0.500. The van der Waals surface area contributed by atoms with Crippen LogP contribution in [0, 0.1) is 5.92 Å². The standard InChI is InChI=1S/C8H14O2.C8H8O2.H2/c2*1-6(9)7-2-4-8(10)5-3-7;/h7-8,10H,2-5H2,1H3;2-5,10H,1H3;1H. The Bertz CT molecular complexity index is 448. The molecule has 0 radical (unpaired) electrons. The number of carbonyl (C=O) groups is 2. The van der Waals surface area contributed by atoms with Gasteiger partial charge in [-0.2, -0.15) is 0 Å². The molecule has 112 valence electrons. The molecule has 4 nitrogen and oxygen atoms in total. The number of aliphatic hydroxyl groups is 1. The van der Waals surface area contributed by atoms with Crippen molar-refractivity contribution in [1.82, 2.24) is 0 Å². The Morgan fingerprint density at radius 2 is 1.55 bits per heavy atom. The van der Waals surface area contributed by atoms with Crippen LogP contribution in [0.5, 0.6) is 5.75 Å². The van der Waals surface area contributed by atoms with Gasteiger partial charge in [-0.3, -0.25) is 9.59 Å². The van der Waals surface area contributed by atoms with Gasteiger partial charge in [0.1, 0.15) is 11.5 Å². The number of phenolic OH excluding ortho intramolecular Hbond substituents is 1. The van der Waals surface area contributed by atoms with Gasteiger partial charge in [0.2, 0.25) is 0 Å². The minimum absolute atomic E-state index is 0. The summed E-state index contributed by atoms with van der Waals surface area (Å²) in [6.07, 6.45) is 3.25. The maximum absolute atomic E-state index is 10.8. The van der Waals surface area contributed by atoms with Gasteiger partial charge in [0.05, 0.1) is 6.10 Å². The van der Waals surface area contributed by atoms with E-state index in [9.17, 15) is 9.59 Å². The number of benzene rings is 1. The maximum Gasteiger partial charge on any atom is 0.159 e. The number of rotatable bonds is 2. The number of carbonyl (C=O) groups excluding carboxylic acids is 2. The fourth-order valence-electron chi connectivity index (χ4n) is 2.18. The lowest BCUT2D eigenvalue weighted by Gasteiger charge is -2.22. The van der Waals surface area contributed by atoms with Crippen LogP contribution in [-0.4, -0.2) is 27.9 Å². The van der Waals surface area contributed by atoms with Gasteiger partial charge in [-0.25, -0.2) is 0 Å². The lowest BCUT2D eigenvalue weighted by atomic mass is 9.85. The summed E-state index contributed by atoms with van der Waals surface area (Å²) >= 11 is 0. The first-order chi connectivity index (χ1) is 9.40. The van der Waals surface area contributed by atoms with Gasteiger partial charge in [-0.05, 0) is 63.8 Å². The second-order valence-corrected chi connectivity index (χ2v) is 5.22. The zero-order valence-electron chi connectivity index (χ0n) is 12.0. The van der Waals surface area contributed by atoms with E-state index >= 15 is 0 Å². The summed E-state index contributed by atoms with van der Waals surface area (Å²) < 4.78 is 0. The monoisotopic (exact) mass is 280 g/mol. The Balaban J connectivity index is 0.000000364. The molecule has 0 bridgehead atoms. The van der Waals surface area contributed by atoms with Crippen molar-refractivity contribution >= 4 is 11.6 Å². The summed E-state index contributed by atoms with van der Waals surface area (Å²) in [7, 11) is 0. The molecule has 1 fully saturated rings. The molecular weight excluding hydrogens is 256 g/mol. The molecule has 1 aromatic rings. The van der Waals surface area contributed by atoms with Gasteiger partial charge in [0.15, 0.2) is 5.78 Å². The average Bonchev–Trinajstić information content (AvgIpc) is 2.40. The van der Waals surface area contributed by atoms with Crippen molar-refractivity contribution in [3.63, 3.8) is 0 Å². The summed E-state index contributed by atoms with van der Waals surface area (Å²) in [5.41, 5.74) is 0.623. The first-order valence-corrected chi connectivity index (χ1v) is 6.88. The molecule has 0 amide bonds. The molecule has 1 aliphatic carbocycles. The number of Topliss-reactive ketones (excluding diaryl/α,β-unsaturated/α-hetero) is 2. The SMILES string of the molecule is CC(=O)C1CCC(O)CC1.CC(=O)c1ccc(O)cc1.[HH]. The maximum atomic E-state index is 10.8. The highest BCUT2D eigenvalue weighted by Gasteiger charge is 2.21. The first kappa shape index (κ1) is 16.4. The molecule has 2 rings (SSSR count). The molecule has 2 N–H and O–H groups in total. The van der Waals surface area contributed by atoms with E-state index in [1.54, 1.807) is 19.1 Å². The van der Waals surface area contributed by atoms with Gasteiger partial charge in [-0.1, -0.05) is 0 Å². The van der Waals surface area contributed by atoms with E-state index in [4.69, 9.17) is 10.2 Å². The van der Waals surface area contributed by atoms with Gasteiger partial charge in [-0.15, -0.1) is 0 Å². The largest absolute Gasteiger partial charge is 0.508 e. The number of phenols is 1. The quantitative estimate of drug-likeness (QED) is 0.817. The van der Waals surface area contributed by atoms with Crippen LogP contribution in [0.1, 0.15) is 51.3 Å². The zero-order chi connectivity index (χ0) is 15.1. The highest BCUT2D eigenvalue weighted by molar-refractivity contribution is 5.94. The molecule has 0 aliphatic heterocycles. The Kier molecular flexibility index (Phi) is 6.39. The van der Waals surface area contributed by atoms with Gasteiger partial charge in [0, 0.05) is 12.9 Å². The molecule has 1 aromatic carbocycles. The minimum atomic E-state index is -0.143. The predicted molar refractivity (Wildman–Crippen MR) is 78.9 cm³/mol. The van der Waals surface area contributed by atoms with Crippen molar-refractivity contribution in [1.29, 1.82) is 0 Å². The molecule has 0 atom stereocenters. The van der Waals surface area contributed by atoms with Crippen molar-refractivity contribution in [2.45, 2.75) is 45.6 Å². The van der Waals surface area contributed by atoms with Gasteiger partial charge < -0.3 is 10.2 Å². The number of aliphatic hydroxyl groups excluding tert-OH is 1. The van der Waals surface area contributed by atoms with E-state index in [0.717, 1.165) is 25.7 Å². The molecule has 20 heavy (non-hydrogen) atoms. The van der Waals surface area contributed by atoms with E-state index < -0.39 is 0 Å². The van der Waals surface area contributed by atoms with E-state index in [1.807, 2.05) is 0 Å². The second kappa shape index (κ2) is 7.80. The van der Waals surface area contributed by atoms with Crippen LogP contribution in [0.25, 0.3) is 0 Å². The normalized spacial score (nSPS) is 21.6. The third kappa shape index (κ3) is 5.53. The van der Waals surface area contributed by atoms with Crippen LogP contribution in [0.4, 0.5) is 0 Å². The minimum Gasteiger partial charge on any atom is -0.508 e. The number of hydrogen-bond donors (Lipinski definition) is 2. The van der Waals surface area contributed by atoms with Crippen molar-refractivity contribution < 1.29 is 21.2 Å². The highest BCUT2D eigenvalue weighted by atomic mass is 16.3. The molecule has 0 saturated heterocycles. The molecule has 4 heteroatoms. The molecule has 1 aliphatic rings. The lowest BCUT2D eigenvalue weighted by Crippen LogP contribution is -2.22. The first-order valence-electron chi connectivity index (χ1n) is 6.88. The molecule has 0 heterocycles. The van der Waals surface area contributed by atoms with E-state index in [2.05, 4.69) is 0 Å². The van der Waals surface area contributed by atoms with Gasteiger partial charge in [0.25, 0.3) is 0 Å². The van der Waals surface area contributed by atoms with Crippen molar-refractivity contribution in [3.8, 4) is 5.75 Å². The predicted octanol–water partition coefficient (Wildman–Crippen LogP) is 2.97. The highest BCUT2D eigenvalue weighted by Crippen LogP contribution is 2.24. The Morgan fingerprint density at radius 1 is 1.05 bits per heavy atom. The average molecular weight is 280 g/mol. The summed E-state index contributed by atoms with van der Waals surface area (Å²) in [6, 6.07) is 6.18. The third-order valence-electron chi connectivity index (χ3n) is 3.55. The molecular formula is C16H24O4. The Morgan fingerprint density at radius 3 is 1.95 bits per heavy atom. The smallest absolute Gasteiger partial charge is 0.159 e. The zero-order valence-corrected chi connectivity index (χ0v) is 12.0. The fourth-order valence-corrected chi connectivity index (χ4v) is 2.18. The number of hydrogen-bond acceptors (Lipinski definition) is 4. The number of ketones is 2. The van der Waals surface area contributed by atoms with E-state index in [0.29, 0.717) is 5.56 Å². The Hall–Kier alpha value is -1.68. The molecule has 0 spiro atoms. The van der Waals surface area contributed by atoms with Crippen molar-refractivity contribution in [3.05, 3.63) is 29.8 Å². The van der Waals surface area contributed by atoms with Crippen LogP contribution in [0.3, 0.4) is 0 Å². The summed E-state index contributed by atoms with van der Waals surface area (Å²) in [5.74, 6) is 0.723. The van der Waals surface area contributed by atoms with Crippen molar-refractivity contribution in [2.24, 2.45) is 5.92 Å². The van der Waals surface area contributed by atoms with E-state index in [-0.39, 0.29) is 30.8 Å². The summed E-state index contributed by atoms with van der Waals surface area (Å²) in [5, 5.41) is 17.9. The summed E-state index contributed by atoms with van der Waals surface area (Å²) in [6.45, 7) is 3.13.